The maximum absolute atomic E-state index is 12.2. The summed E-state index contributed by atoms with van der Waals surface area (Å²) in [5, 5.41) is 22.5. The first kappa shape index (κ1) is 17.3. The maximum Gasteiger partial charge on any atom is 0.220 e. The highest BCUT2D eigenvalue weighted by Crippen LogP contribution is 2.20. The zero-order valence-electron chi connectivity index (χ0n) is 12.7. The number of hydrogen-bond acceptors (Lipinski definition) is 3. The average Bonchev–Trinajstić information content (AvgIpc) is 2.54. The second kappa shape index (κ2) is 8.56. The van der Waals surface area contributed by atoms with E-state index >= 15 is 0 Å². The fourth-order valence-corrected chi connectivity index (χ4v) is 2.51. The van der Waals surface area contributed by atoms with Crippen LogP contribution in [0.1, 0.15) is 30.0 Å². The van der Waals surface area contributed by atoms with Gasteiger partial charge in [-0.1, -0.05) is 41.9 Å². The van der Waals surface area contributed by atoms with Crippen molar-refractivity contribution in [3.8, 4) is 5.75 Å². The first-order valence-electron chi connectivity index (χ1n) is 7.52. The van der Waals surface area contributed by atoms with E-state index in [1.54, 1.807) is 30.3 Å². The van der Waals surface area contributed by atoms with E-state index < -0.39 is 0 Å². The van der Waals surface area contributed by atoms with Crippen LogP contribution in [0.15, 0.2) is 48.5 Å². The Labute approximate surface area is 140 Å². The van der Waals surface area contributed by atoms with Crippen molar-refractivity contribution in [2.45, 2.75) is 25.3 Å². The molecule has 3 N–H and O–H groups in total. The topological polar surface area (TPSA) is 69.6 Å². The van der Waals surface area contributed by atoms with Crippen molar-refractivity contribution in [1.29, 1.82) is 0 Å². The van der Waals surface area contributed by atoms with Crippen molar-refractivity contribution in [1.82, 2.24) is 5.32 Å². The lowest BCUT2D eigenvalue weighted by Gasteiger charge is -2.18. The number of benzene rings is 2. The Morgan fingerprint density at radius 2 is 1.83 bits per heavy atom. The molecule has 2 rings (SSSR count). The Morgan fingerprint density at radius 1 is 1.13 bits per heavy atom. The van der Waals surface area contributed by atoms with Crippen molar-refractivity contribution >= 4 is 17.5 Å². The van der Waals surface area contributed by atoms with Gasteiger partial charge >= 0.3 is 0 Å². The van der Waals surface area contributed by atoms with E-state index in [2.05, 4.69) is 5.32 Å². The number of carbonyl (C=O) groups excluding carboxylic acids is 1. The Balaban J connectivity index is 1.95. The number of rotatable bonds is 7. The summed E-state index contributed by atoms with van der Waals surface area (Å²) in [4.78, 5) is 12.2. The summed E-state index contributed by atoms with van der Waals surface area (Å²) in [7, 11) is 0. The van der Waals surface area contributed by atoms with Gasteiger partial charge in [0.2, 0.25) is 5.91 Å². The molecule has 0 aliphatic carbocycles. The Hall–Kier alpha value is -2.04. The summed E-state index contributed by atoms with van der Waals surface area (Å²) in [5.74, 6) is 0.0755. The van der Waals surface area contributed by atoms with Crippen LogP contribution >= 0.6 is 11.6 Å². The molecule has 122 valence electrons. The zero-order chi connectivity index (χ0) is 16.7. The number of phenols is 1. The molecule has 23 heavy (non-hydrogen) atoms. The van der Waals surface area contributed by atoms with Gasteiger partial charge in [-0.15, -0.1) is 0 Å². The maximum atomic E-state index is 12.2. The number of halogens is 1. The molecule has 2 aromatic rings. The minimum Gasteiger partial charge on any atom is -0.508 e. The Bertz CT molecular complexity index is 643. The summed E-state index contributed by atoms with van der Waals surface area (Å²) in [6.07, 6.45) is 1.17. The number of hydrogen-bond donors (Lipinski definition) is 3. The molecule has 0 heterocycles. The summed E-state index contributed by atoms with van der Waals surface area (Å²) >= 11 is 5.87. The first-order chi connectivity index (χ1) is 11.1. The number of nitrogens with one attached hydrogen (secondary N) is 1. The van der Waals surface area contributed by atoms with Crippen molar-refractivity contribution < 1.29 is 15.0 Å². The third-order valence-corrected chi connectivity index (χ3v) is 3.89. The van der Waals surface area contributed by atoms with E-state index in [0.717, 1.165) is 11.1 Å². The van der Waals surface area contributed by atoms with Gasteiger partial charge in [-0.3, -0.25) is 4.79 Å². The van der Waals surface area contributed by atoms with Crippen molar-refractivity contribution in [3.63, 3.8) is 0 Å². The van der Waals surface area contributed by atoms with Crippen molar-refractivity contribution in [2.75, 3.05) is 6.61 Å². The van der Waals surface area contributed by atoms with Crippen molar-refractivity contribution in [2.24, 2.45) is 0 Å². The van der Waals surface area contributed by atoms with E-state index in [1.807, 2.05) is 18.2 Å². The van der Waals surface area contributed by atoms with E-state index in [0.29, 0.717) is 17.9 Å². The van der Waals surface area contributed by atoms with Gasteiger partial charge in [-0.2, -0.15) is 0 Å². The molecule has 0 bridgehead atoms. The standard InChI is InChI=1S/C18H20ClNO3/c19-15-8-5-13(6-9-15)16(11-12-21)20-18(23)10-7-14-3-1-2-4-17(14)22/h1-6,8-9,16,21-22H,7,10-12H2,(H,20,23)/t16-/m0/s1. The number of amides is 1. The summed E-state index contributed by atoms with van der Waals surface area (Å²) in [6.45, 7) is -0.0208. The van der Waals surface area contributed by atoms with Crippen LogP contribution in [0.5, 0.6) is 5.75 Å². The normalized spacial score (nSPS) is 11.9. The third-order valence-electron chi connectivity index (χ3n) is 3.64. The monoisotopic (exact) mass is 333 g/mol. The molecular formula is C18H20ClNO3. The molecule has 1 atom stereocenters. The molecule has 0 radical (unpaired) electrons. The first-order valence-corrected chi connectivity index (χ1v) is 7.90. The van der Waals surface area contributed by atoms with E-state index in [9.17, 15) is 15.0 Å². The number of para-hydroxylation sites is 1. The lowest BCUT2D eigenvalue weighted by molar-refractivity contribution is -0.121. The van der Waals surface area contributed by atoms with Gasteiger partial charge in [-0.25, -0.2) is 0 Å². The smallest absolute Gasteiger partial charge is 0.220 e. The molecule has 0 unspecified atom stereocenters. The van der Waals surface area contributed by atoms with Crippen LogP contribution in [0.4, 0.5) is 0 Å². The van der Waals surface area contributed by atoms with Gasteiger partial charge in [0.05, 0.1) is 6.04 Å². The molecule has 2 aromatic carbocycles. The highest BCUT2D eigenvalue weighted by atomic mass is 35.5. The average molecular weight is 334 g/mol. The summed E-state index contributed by atoms with van der Waals surface area (Å²) in [6, 6.07) is 13.9. The third kappa shape index (κ3) is 5.27. The van der Waals surface area contributed by atoms with Gasteiger partial charge in [0.15, 0.2) is 0 Å². The number of aliphatic hydroxyl groups is 1. The van der Waals surface area contributed by atoms with Gasteiger partial charge in [0, 0.05) is 18.1 Å². The molecule has 0 saturated carbocycles. The van der Waals surface area contributed by atoms with Crippen LogP contribution in [-0.2, 0) is 11.2 Å². The second-order valence-electron chi connectivity index (χ2n) is 5.31. The van der Waals surface area contributed by atoms with E-state index in [4.69, 9.17) is 11.6 Å². The number of aryl methyl sites for hydroxylation is 1. The molecule has 4 nitrogen and oxygen atoms in total. The highest BCUT2D eigenvalue weighted by Gasteiger charge is 2.14. The number of carbonyl (C=O) groups is 1. The molecule has 1 amide bonds. The zero-order valence-corrected chi connectivity index (χ0v) is 13.5. The van der Waals surface area contributed by atoms with Crippen LogP contribution in [0.2, 0.25) is 5.02 Å². The molecule has 5 heteroatoms. The summed E-state index contributed by atoms with van der Waals surface area (Å²) < 4.78 is 0. The predicted octanol–water partition coefficient (Wildman–Crippen LogP) is 3.22. The number of aliphatic hydroxyl groups excluding tert-OH is 1. The molecule has 0 aliphatic rings. The fraction of sp³-hybridized carbons (Fsp3) is 0.278. The largest absolute Gasteiger partial charge is 0.508 e. The predicted molar refractivity (Wildman–Crippen MR) is 90.5 cm³/mol. The van der Waals surface area contributed by atoms with Crippen LogP contribution in [0.25, 0.3) is 0 Å². The van der Waals surface area contributed by atoms with Crippen LogP contribution in [-0.4, -0.2) is 22.7 Å². The molecule has 0 spiro atoms. The summed E-state index contributed by atoms with van der Waals surface area (Å²) in [5.41, 5.74) is 1.65. The van der Waals surface area contributed by atoms with Gasteiger partial charge < -0.3 is 15.5 Å². The van der Waals surface area contributed by atoms with Gasteiger partial charge in [0.1, 0.15) is 5.75 Å². The molecule has 0 saturated heterocycles. The van der Waals surface area contributed by atoms with Crippen LogP contribution in [0, 0.1) is 0 Å². The lowest BCUT2D eigenvalue weighted by Crippen LogP contribution is -2.29. The van der Waals surface area contributed by atoms with Crippen LogP contribution in [0.3, 0.4) is 0 Å². The SMILES string of the molecule is O=C(CCc1ccccc1O)N[C@@H](CCO)c1ccc(Cl)cc1. The lowest BCUT2D eigenvalue weighted by atomic mass is 10.0. The fourth-order valence-electron chi connectivity index (χ4n) is 2.38. The second-order valence-corrected chi connectivity index (χ2v) is 5.75. The van der Waals surface area contributed by atoms with Gasteiger partial charge in [0.25, 0.3) is 0 Å². The Morgan fingerprint density at radius 3 is 2.48 bits per heavy atom. The molecular weight excluding hydrogens is 314 g/mol. The van der Waals surface area contributed by atoms with Crippen molar-refractivity contribution in [3.05, 3.63) is 64.7 Å². The minimum absolute atomic E-state index is 0.0208. The number of aromatic hydroxyl groups is 1. The van der Waals surface area contributed by atoms with Gasteiger partial charge in [-0.05, 0) is 42.2 Å². The Kier molecular flexibility index (Phi) is 6.44. The highest BCUT2D eigenvalue weighted by molar-refractivity contribution is 6.30. The van der Waals surface area contributed by atoms with E-state index in [-0.39, 0.29) is 30.7 Å². The molecule has 0 fully saturated rings. The van der Waals surface area contributed by atoms with Crippen LogP contribution < -0.4 is 5.32 Å². The molecule has 0 aromatic heterocycles. The minimum atomic E-state index is -0.255. The van der Waals surface area contributed by atoms with E-state index in [1.165, 1.54) is 0 Å². The number of phenolic OH excluding ortho intramolecular Hbond substituents is 1. The quantitative estimate of drug-likeness (QED) is 0.728. The molecule has 0 aliphatic heterocycles.